The number of halogens is 2. The molecule has 0 amide bonds. The molecule has 3 aromatic carbocycles. The van der Waals surface area contributed by atoms with Gasteiger partial charge in [0.1, 0.15) is 36.4 Å². The van der Waals surface area contributed by atoms with E-state index in [9.17, 15) is 10.2 Å². The van der Waals surface area contributed by atoms with Gasteiger partial charge in [-0.1, -0.05) is 64.8 Å². The summed E-state index contributed by atoms with van der Waals surface area (Å²) in [5.74, 6) is 3.00. The molecule has 0 fully saturated rings. The van der Waals surface area contributed by atoms with Gasteiger partial charge in [-0.2, -0.15) is 0 Å². The minimum absolute atomic E-state index is 0.0599. The monoisotopic (exact) mass is 971 g/mol. The molecule has 0 spiro atoms. The van der Waals surface area contributed by atoms with Gasteiger partial charge in [-0.05, 0) is 81.1 Å². The van der Waals surface area contributed by atoms with E-state index in [1.54, 1.807) is 49.9 Å². The third-order valence-electron chi connectivity index (χ3n) is 12.8. The third-order valence-corrected chi connectivity index (χ3v) is 13.5. The van der Waals surface area contributed by atoms with Crippen LogP contribution in [0.5, 0.6) is 23.3 Å². The fourth-order valence-corrected chi connectivity index (χ4v) is 9.21. The van der Waals surface area contributed by atoms with E-state index in [2.05, 4.69) is 25.3 Å². The number of hydrogen-bond donors (Lipinski definition) is 2. The second-order valence-corrected chi connectivity index (χ2v) is 18.0. The van der Waals surface area contributed by atoms with Crippen LogP contribution in [0.25, 0.3) is 21.8 Å². The number of benzene rings is 3. The quantitative estimate of drug-likeness (QED) is 0.101. The van der Waals surface area contributed by atoms with E-state index < -0.39 is 11.2 Å². The predicted molar refractivity (Wildman–Crippen MR) is 260 cm³/mol. The Bertz CT molecular complexity index is 3370. The summed E-state index contributed by atoms with van der Waals surface area (Å²) in [6.45, 7) is 9.51. The largest absolute Gasteiger partial charge is 0.484 e. The van der Waals surface area contributed by atoms with Gasteiger partial charge in [0, 0.05) is 39.0 Å². The van der Waals surface area contributed by atoms with Crippen LogP contribution >= 0.6 is 23.2 Å². The molecular weight excluding hydrogens is 922 g/mol. The highest BCUT2D eigenvalue weighted by Crippen LogP contribution is 2.45. The standard InChI is InChI=1S/C50H51Cl2N11O6/c1-27(2)69-46-44(52)36-20-34(50(65,42-24-56-59-63(42)9)41-23-55-30(5)62(41)8)16-18-38(36)58-48(46)68-26-32-14-12-11-13-31(32)25-67-45-43(51)35-19-33(15-17-37(35)57-47(45)66-10)49(64,39-21-53-28(3)60(39)6)40-22-54-29(4)61(40)7/h11-24,27,64-65H,25-26H2,1-10H3. The van der Waals surface area contributed by atoms with Gasteiger partial charge in [0.15, 0.2) is 11.2 Å². The van der Waals surface area contributed by atoms with Crippen LogP contribution in [-0.2, 0) is 52.6 Å². The fourth-order valence-electron chi connectivity index (χ4n) is 8.64. The minimum Gasteiger partial charge on any atom is -0.484 e. The molecule has 0 saturated heterocycles. The van der Waals surface area contributed by atoms with Crippen LogP contribution in [0.4, 0.5) is 0 Å². The Morgan fingerprint density at radius 1 is 0.609 bits per heavy atom. The number of nitrogens with zero attached hydrogens (tertiary/aromatic N) is 11. The van der Waals surface area contributed by atoms with Crippen molar-refractivity contribution in [1.82, 2.24) is 53.6 Å². The van der Waals surface area contributed by atoms with Crippen LogP contribution in [-0.4, -0.2) is 77.0 Å². The van der Waals surface area contributed by atoms with Gasteiger partial charge in [-0.15, -0.1) is 5.10 Å². The Morgan fingerprint density at radius 3 is 1.51 bits per heavy atom. The number of fused-ring (bicyclic) bond motifs is 2. The van der Waals surface area contributed by atoms with Crippen LogP contribution in [0.2, 0.25) is 10.0 Å². The maximum absolute atomic E-state index is 12.8. The zero-order valence-electron chi connectivity index (χ0n) is 39.8. The Hall–Kier alpha value is -7.05. The SMILES string of the molecule is COc1nc2ccc(C(O)(c3cnc(C)n3C)c3cnc(C)n3C)cc2c(Cl)c1OCc1ccccc1COc1nc2ccc(C(O)(c3cnnn3C)c3cnc(C)n3C)cc2c(Cl)c1OC(C)C. The van der Waals surface area contributed by atoms with Crippen LogP contribution in [0.1, 0.15) is 76.4 Å². The van der Waals surface area contributed by atoms with Gasteiger partial charge in [0.05, 0.1) is 76.2 Å². The molecule has 6 heterocycles. The van der Waals surface area contributed by atoms with Crippen molar-refractivity contribution in [2.45, 2.75) is 65.1 Å². The highest BCUT2D eigenvalue weighted by molar-refractivity contribution is 6.37. The van der Waals surface area contributed by atoms with E-state index in [0.717, 1.165) is 22.8 Å². The lowest BCUT2D eigenvalue weighted by molar-refractivity contribution is 0.108. The Kier molecular flexibility index (Phi) is 12.4. The van der Waals surface area contributed by atoms with Crippen LogP contribution in [0.15, 0.2) is 85.5 Å². The lowest BCUT2D eigenvalue weighted by Crippen LogP contribution is -2.33. The van der Waals surface area contributed by atoms with Gasteiger partial charge in [-0.3, -0.25) is 0 Å². The number of hydrogen-bond acceptors (Lipinski definition) is 13. The molecule has 356 valence electrons. The van der Waals surface area contributed by atoms with Crippen molar-refractivity contribution < 1.29 is 29.2 Å². The molecule has 9 aromatic rings. The summed E-state index contributed by atoms with van der Waals surface area (Å²) in [6.07, 6.45) is 6.20. The second kappa shape index (κ2) is 18.1. The molecule has 0 aliphatic heterocycles. The van der Waals surface area contributed by atoms with E-state index in [4.69, 9.17) is 52.1 Å². The normalized spacial score (nSPS) is 12.9. The summed E-state index contributed by atoms with van der Waals surface area (Å²) < 4.78 is 32.0. The van der Waals surface area contributed by atoms with E-state index in [1.165, 1.54) is 18.0 Å². The second-order valence-electron chi connectivity index (χ2n) is 17.2. The van der Waals surface area contributed by atoms with Crippen molar-refractivity contribution >= 4 is 45.0 Å². The first kappa shape index (κ1) is 47.0. The minimum atomic E-state index is -1.71. The number of ether oxygens (including phenoxy) is 4. The number of aryl methyl sites for hydroxylation is 4. The Morgan fingerprint density at radius 2 is 1.07 bits per heavy atom. The van der Waals surface area contributed by atoms with Gasteiger partial charge < -0.3 is 42.9 Å². The third kappa shape index (κ3) is 7.98. The number of rotatable bonds is 15. The summed E-state index contributed by atoms with van der Waals surface area (Å²) in [7, 11) is 8.78. The molecule has 9 rings (SSSR count). The zero-order chi connectivity index (χ0) is 49.1. The fraction of sp³-hybridized carbons (Fsp3) is 0.300. The molecule has 19 heteroatoms. The Labute approximate surface area is 407 Å². The van der Waals surface area contributed by atoms with Crippen molar-refractivity contribution in [1.29, 1.82) is 0 Å². The van der Waals surface area contributed by atoms with Gasteiger partial charge in [0.25, 0.3) is 11.8 Å². The summed E-state index contributed by atoms with van der Waals surface area (Å²) in [6, 6.07) is 18.4. The Balaban J connectivity index is 1.03. The molecule has 0 bridgehead atoms. The first-order valence-electron chi connectivity index (χ1n) is 22.0. The van der Waals surface area contributed by atoms with Crippen molar-refractivity contribution in [2.75, 3.05) is 7.11 Å². The van der Waals surface area contributed by atoms with E-state index in [-0.39, 0.29) is 52.6 Å². The molecule has 1 atom stereocenters. The zero-order valence-corrected chi connectivity index (χ0v) is 41.3. The topological polar surface area (TPSA) is 187 Å². The summed E-state index contributed by atoms with van der Waals surface area (Å²) in [4.78, 5) is 23.1. The molecule has 0 aliphatic rings. The molecule has 0 aliphatic carbocycles. The highest BCUT2D eigenvalue weighted by atomic mass is 35.5. The molecular formula is C50H51Cl2N11O6. The van der Waals surface area contributed by atoms with Crippen LogP contribution < -0.4 is 18.9 Å². The molecule has 6 aromatic heterocycles. The van der Waals surface area contributed by atoms with Crippen molar-refractivity contribution in [3.05, 3.63) is 158 Å². The lowest BCUT2D eigenvalue weighted by atomic mass is 9.86. The molecule has 2 N–H and O–H groups in total. The average Bonchev–Trinajstić information content (AvgIpc) is 4.12. The van der Waals surface area contributed by atoms with E-state index >= 15 is 0 Å². The smallest absolute Gasteiger partial charge is 0.259 e. The molecule has 0 saturated carbocycles. The highest BCUT2D eigenvalue weighted by Gasteiger charge is 2.42. The summed E-state index contributed by atoms with van der Waals surface area (Å²) >= 11 is 14.5. The van der Waals surface area contributed by atoms with Gasteiger partial charge in [0.2, 0.25) is 11.5 Å². The first-order valence-corrected chi connectivity index (χ1v) is 22.8. The summed E-state index contributed by atoms with van der Waals surface area (Å²) in [5, 5.41) is 35.2. The predicted octanol–water partition coefficient (Wildman–Crippen LogP) is 7.87. The molecule has 0 radical (unpaired) electrons. The van der Waals surface area contributed by atoms with Gasteiger partial charge in [-0.25, -0.2) is 29.6 Å². The number of imidazole rings is 3. The van der Waals surface area contributed by atoms with Gasteiger partial charge >= 0.3 is 0 Å². The van der Waals surface area contributed by atoms with Crippen molar-refractivity contribution in [3.8, 4) is 23.3 Å². The van der Waals surface area contributed by atoms with Crippen LogP contribution in [0.3, 0.4) is 0 Å². The van der Waals surface area contributed by atoms with E-state index in [0.29, 0.717) is 61.5 Å². The molecule has 17 nitrogen and oxygen atoms in total. The first-order chi connectivity index (χ1) is 33.0. The van der Waals surface area contributed by atoms with Crippen LogP contribution in [0, 0.1) is 20.8 Å². The van der Waals surface area contributed by atoms with Crippen molar-refractivity contribution in [3.63, 3.8) is 0 Å². The van der Waals surface area contributed by atoms with E-state index in [1.807, 2.05) is 106 Å². The number of pyridine rings is 2. The summed E-state index contributed by atoms with van der Waals surface area (Å²) in [5.41, 5.74) is 2.29. The van der Waals surface area contributed by atoms with Crippen molar-refractivity contribution in [2.24, 2.45) is 28.2 Å². The maximum Gasteiger partial charge on any atom is 0.259 e. The number of aliphatic hydroxyl groups is 2. The lowest BCUT2D eigenvalue weighted by Gasteiger charge is -2.30. The molecule has 69 heavy (non-hydrogen) atoms. The number of methoxy groups -OCH3 is 1. The number of aromatic nitrogens is 11. The molecule has 1 unspecified atom stereocenters. The maximum atomic E-state index is 12.8. The average molecular weight is 973 g/mol.